The van der Waals surface area contributed by atoms with Crippen molar-refractivity contribution in [3.8, 4) is 11.5 Å². The van der Waals surface area contributed by atoms with E-state index in [0.29, 0.717) is 31.2 Å². The minimum atomic E-state index is -0.955. The molecule has 3 rings (SSSR count). The second-order valence-electron chi connectivity index (χ2n) is 6.32. The molecule has 29 heavy (non-hydrogen) atoms. The van der Waals surface area contributed by atoms with Crippen molar-refractivity contribution in [1.82, 2.24) is 4.98 Å². The number of nitrogens with two attached hydrogens (primary N) is 3. The van der Waals surface area contributed by atoms with Gasteiger partial charge in [-0.05, 0) is 30.7 Å². The van der Waals surface area contributed by atoms with Crippen LogP contribution in [0.5, 0.6) is 0 Å². The van der Waals surface area contributed by atoms with Crippen LogP contribution >= 0.6 is 0 Å². The lowest BCUT2D eigenvalue weighted by molar-refractivity contribution is -0.111. The molecule has 0 aliphatic carbocycles. The molecule has 152 valence electrons. The van der Waals surface area contributed by atoms with Gasteiger partial charge in [0.15, 0.2) is 11.5 Å². The fourth-order valence-corrected chi connectivity index (χ4v) is 2.68. The molecule has 1 aromatic heterocycles. The first-order valence-corrected chi connectivity index (χ1v) is 8.85. The zero-order chi connectivity index (χ0) is 20.8. The van der Waals surface area contributed by atoms with Gasteiger partial charge in [0.1, 0.15) is 6.26 Å². The Balaban J connectivity index is 1.80. The molecule has 0 bridgehead atoms. The predicted octanol–water partition coefficient (Wildman–Crippen LogP) is 0.0880. The summed E-state index contributed by atoms with van der Waals surface area (Å²) in [5.41, 5.74) is 17.9. The maximum absolute atomic E-state index is 11.5. The number of hydrogen-bond donors (Lipinski definition) is 5. The Hall–Kier alpha value is -3.57. The molecular weight excluding hydrogens is 376 g/mol. The van der Waals surface area contributed by atoms with Crippen molar-refractivity contribution in [3.05, 3.63) is 36.7 Å². The van der Waals surface area contributed by atoms with Crippen LogP contribution in [-0.4, -0.2) is 53.7 Å². The van der Waals surface area contributed by atoms with Crippen molar-refractivity contribution >= 4 is 29.1 Å². The van der Waals surface area contributed by atoms with E-state index in [1.807, 2.05) is 0 Å². The lowest BCUT2D eigenvalue weighted by Crippen LogP contribution is -2.43. The van der Waals surface area contributed by atoms with E-state index >= 15 is 0 Å². The van der Waals surface area contributed by atoms with Crippen LogP contribution < -0.4 is 22.5 Å². The Labute approximate surface area is 166 Å². The number of nitrogens with one attached hydrogen (secondary N) is 2. The number of amides is 1. The molecule has 2 heterocycles. The Morgan fingerprint density at radius 2 is 2.03 bits per heavy atom. The largest absolute Gasteiger partial charge is 0.445 e. The standard InChI is InChI=1S/C18H22N8O3/c19-12-9-28-7-5-13(12)25-18(22)26-16(14(20)15(21)27)24-11-3-1-10(2-4-11)17-23-6-8-29-17/h1-4,6,8,12-13,20H,5,7,9,19H2,(H2,21,27)(H3,22,24,25,26)/t12-,13+/m0/s1. The van der Waals surface area contributed by atoms with Gasteiger partial charge in [-0.25, -0.2) is 9.98 Å². The molecule has 2 atom stereocenters. The maximum atomic E-state index is 11.5. The third-order valence-corrected chi connectivity index (χ3v) is 4.20. The fourth-order valence-electron chi connectivity index (χ4n) is 2.68. The lowest BCUT2D eigenvalue weighted by atomic mass is 10.1. The van der Waals surface area contributed by atoms with Crippen molar-refractivity contribution in [2.75, 3.05) is 18.5 Å². The average molecular weight is 398 g/mol. The molecule has 1 saturated heterocycles. The van der Waals surface area contributed by atoms with E-state index in [1.54, 1.807) is 30.5 Å². The highest BCUT2D eigenvalue weighted by Gasteiger charge is 2.22. The van der Waals surface area contributed by atoms with Crippen molar-refractivity contribution < 1.29 is 13.9 Å². The summed E-state index contributed by atoms with van der Waals surface area (Å²) in [5, 5.41) is 10.8. The molecule has 0 radical (unpaired) electrons. The SMILES string of the molecule is N=C(C(N)=O)/C(=N\C(N)=N[C@@H]1CCOC[C@@H]1N)Nc1ccc(-c2ncco2)cc1. The highest BCUT2D eigenvalue weighted by atomic mass is 16.5. The number of carbonyl (C=O) groups excluding carboxylic acids is 1. The highest BCUT2D eigenvalue weighted by Crippen LogP contribution is 2.19. The first-order valence-electron chi connectivity index (χ1n) is 8.85. The summed E-state index contributed by atoms with van der Waals surface area (Å²) in [5.74, 6) is -0.719. The van der Waals surface area contributed by atoms with Gasteiger partial charge in [-0.15, -0.1) is 0 Å². The van der Waals surface area contributed by atoms with E-state index in [0.717, 1.165) is 5.56 Å². The molecule has 1 aliphatic heterocycles. The number of oxazole rings is 1. The summed E-state index contributed by atoms with van der Waals surface area (Å²) >= 11 is 0. The number of primary amides is 1. The summed E-state index contributed by atoms with van der Waals surface area (Å²) in [4.78, 5) is 23.9. The van der Waals surface area contributed by atoms with Gasteiger partial charge in [-0.1, -0.05) is 0 Å². The average Bonchev–Trinajstić information content (AvgIpc) is 3.24. The zero-order valence-electron chi connectivity index (χ0n) is 15.5. The highest BCUT2D eigenvalue weighted by molar-refractivity contribution is 6.67. The number of amidine groups is 1. The minimum absolute atomic E-state index is 0.114. The van der Waals surface area contributed by atoms with E-state index in [9.17, 15) is 4.79 Å². The number of aromatic nitrogens is 1. The number of carbonyl (C=O) groups is 1. The molecule has 11 heteroatoms. The normalized spacial score (nSPS) is 20.3. The number of hydrogen-bond acceptors (Lipinski definition) is 7. The second-order valence-corrected chi connectivity index (χ2v) is 6.32. The molecular formula is C18H22N8O3. The third kappa shape index (κ3) is 5.24. The van der Waals surface area contributed by atoms with Gasteiger partial charge >= 0.3 is 0 Å². The van der Waals surface area contributed by atoms with Crippen LogP contribution in [-0.2, 0) is 9.53 Å². The number of nitrogens with zero attached hydrogens (tertiary/aromatic N) is 3. The molecule has 8 N–H and O–H groups in total. The van der Waals surface area contributed by atoms with Crippen LogP contribution in [0.3, 0.4) is 0 Å². The molecule has 0 spiro atoms. The van der Waals surface area contributed by atoms with E-state index in [1.165, 1.54) is 6.26 Å². The maximum Gasteiger partial charge on any atom is 0.270 e. The Bertz CT molecular complexity index is 921. The van der Waals surface area contributed by atoms with E-state index in [2.05, 4.69) is 20.3 Å². The summed E-state index contributed by atoms with van der Waals surface area (Å²) in [6, 6.07) is 6.40. The van der Waals surface area contributed by atoms with Crippen molar-refractivity contribution in [1.29, 1.82) is 5.41 Å². The van der Waals surface area contributed by atoms with Crippen LogP contribution in [0, 0.1) is 5.41 Å². The van der Waals surface area contributed by atoms with Crippen molar-refractivity contribution in [2.45, 2.75) is 18.5 Å². The summed E-state index contributed by atoms with van der Waals surface area (Å²) in [6.07, 6.45) is 3.63. The van der Waals surface area contributed by atoms with E-state index in [-0.39, 0.29) is 23.9 Å². The molecule has 0 saturated carbocycles. The second kappa shape index (κ2) is 9.08. The van der Waals surface area contributed by atoms with Gasteiger partial charge in [0, 0.05) is 17.9 Å². The van der Waals surface area contributed by atoms with Crippen molar-refractivity contribution in [2.24, 2.45) is 27.2 Å². The van der Waals surface area contributed by atoms with E-state index in [4.69, 9.17) is 31.8 Å². The van der Waals surface area contributed by atoms with Crippen LogP contribution in [0.4, 0.5) is 5.69 Å². The van der Waals surface area contributed by atoms with Crippen LogP contribution in [0.15, 0.2) is 51.1 Å². The van der Waals surface area contributed by atoms with Gasteiger partial charge < -0.3 is 31.7 Å². The molecule has 2 aromatic rings. The van der Waals surface area contributed by atoms with Crippen LogP contribution in [0.2, 0.25) is 0 Å². The number of aliphatic imine (C=N–C) groups is 2. The topological polar surface area (TPSA) is 191 Å². The number of anilines is 1. The van der Waals surface area contributed by atoms with Gasteiger partial charge in [0.05, 0.1) is 24.9 Å². The molecule has 1 aromatic carbocycles. The molecule has 11 nitrogen and oxygen atoms in total. The molecule has 1 amide bonds. The van der Waals surface area contributed by atoms with E-state index < -0.39 is 11.6 Å². The zero-order valence-corrected chi connectivity index (χ0v) is 15.5. The van der Waals surface area contributed by atoms with Gasteiger partial charge in [0.2, 0.25) is 11.9 Å². The number of guanidine groups is 1. The van der Waals surface area contributed by atoms with Gasteiger partial charge in [-0.3, -0.25) is 10.2 Å². The first-order chi connectivity index (χ1) is 13.9. The van der Waals surface area contributed by atoms with Crippen LogP contribution in [0.1, 0.15) is 6.42 Å². The predicted molar refractivity (Wildman–Crippen MR) is 109 cm³/mol. The first kappa shape index (κ1) is 20.2. The Kier molecular flexibility index (Phi) is 6.32. The number of rotatable bonds is 5. The monoisotopic (exact) mass is 398 g/mol. The van der Waals surface area contributed by atoms with Crippen molar-refractivity contribution in [3.63, 3.8) is 0 Å². The third-order valence-electron chi connectivity index (χ3n) is 4.20. The summed E-state index contributed by atoms with van der Waals surface area (Å²) < 4.78 is 10.5. The Morgan fingerprint density at radius 3 is 2.66 bits per heavy atom. The minimum Gasteiger partial charge on any atom is -0.445 e. The molecule has 1 aliphatic rings. The smallest absolute Gasteiger partial charge is 0.270 e. The number of ether oxygens (including phenoxy) is 1. The molecule has 1 fully saturated rings. The van der Waals surface area contributed by atoms with Gasteiger partial charge in [-0.2, -0.15) is 4.99 Å². The summed E-state index contributed by atoms with van der Waals surface area (Å²) in [6.45, 7) is 0.905. The quantitative estimate of drug-likeness (QED) is 0.348. The Morgan fingerprint density at radius 1 is 1.28 bits per heavy atom. The number of benzene rings is 1. The van der Waals surface area contributed by atoms with Crippen LogP contribution in [0.25, 0.3) is 11.5 Å². The van der Waals surface area contributed by atoms with Gasteiger partial charge in [0.25, 0.3) is 5.91 Å². The fraction of sp³-hybridized carbons (Fsp3) is 0.278. The summed E-state index contributed by atoms with van der Waals surface area (Å²) in [7, 11) is 0. The lowest BCUT2D eigenvalue weighted by Gasteiger charge is -2.25. The molecule has 0 unspecified atom stereocenters.